The number of fused-ring (bicyclic) bond motifs is 1. The summed E-state index contributed by atoms with van der Waals surface area (Å²) in [6.07, 6.45) is 4.52. The number of ether oxygens (including phenoxy) is 2. The lowest BCUT2D eigenvalue weighted by molar-refractivity contribution is -0.145. The lowest BCUT2D eigenvalue weighted by Crippen LogP contribution is -2.26. The number of methoxy groups -OCH3 is 2. The molecule has 2 heterocycles. The first-order valence-corrected chi connectivity index (χ1v) is 7.03. The Bertz CT molecular complexity index is 663. The zero-order valence-corrected chi connectivity index (χ0v) is 12.2. The first-order chi connectivity index (χ1) is 10.3. The zero-order valence-electron chi connectivity index (χ0n) is 12.2. The molecule has 0 radical (unpaired) electrons. The predicted molar refractivity (Wildman–Crippen MR) is 78.2 cm³/mol. The number of rotatable bonds is 3. The summed E-state index contributed by atoms with van der Waals surface area (Å²) < 4.78 is 12.4. The van der Waals surface area contributed by atoms with Crippen LogP contribution in [-0.2, 0) is 16.0 Å². The number of hydrogen-bond acceptors (Lipinski definition) is 4. The third kappa shape index (κ3) is 2.28. The second-order valence-electron chi connectivity index (χ2n) is 5.07. The molecule has 1 aliphatic rings. The zero-order chi connectivity index (χ0) is 14.8. The average molecular weight is 286 g/mol. The number of benzene rings is 1. The second-order valence-corrected chi connectivity index (χ2v) is 5.07. The highest BCUT2D eigenvalue weighted by Crippen LogP contribution is 2.35. The van der Waals surface area contributed by atoms with E-state index < -0.39 is 0 Å². The van der Waals surface area contributed by atoms with Crippen molar-refractivity contribution in [1.29, 1.82) is 0 Å². The molecular formula is C16H18N2O3. The van der Waals surface area contributed by atoms with Crippen LogP contribution in [0.4, 0.5) is 0 Å². The van der Waals surface area contributed by atoms with Gasteiger partial charge in [0.05, 0.1) is 19.8 Å². The number of imidazole rings is 1. The van der Waals surface area contributed by atoms with E-state index in [-0.39, 0.29) is 12.0 Å². The Balaban J connectivity index is 2.13. The van der Waals surface area contributed by atoms with Gasteiger partial charge in [-0.3, -0.25) is 0 Å². The molecule has 21 heavy (non-hydrogen) atoms. The Kier molecular flexibility index (Phi) is 3.64. The first-order valence-electron chi connectivity index (χ1n) is 7.03. The summed E-state index contributed by atoms with van der Waals surface area (Å²) in [7, 11) is 3.06. The minimum absolute atomic E-state index is 0.218. The number of aromatic nitrogens is 2. The summed E-state index contributed by atoms with van der Waals surface area (Å²) in [4.78, 5) is 16.6. The van der Waals surface area contributed by atoms with Crippen molar-refractivity contribution in [3.05, 3.63) is 36.2 Å². The van der Waals surface area contributed by atoms with Crippen molar-refractivity contribution in [1.82, 2.24) is 9.55 Å². The van der Waals surface area contributed by atoms with E-state index in [1.165, 1.54) is 7.11 Å². The number of para-hydroxylation sites is 1. The Morgan fingerprint density at radius 2 is 2.14 bits per heavy atom. The highest BCUT2D eigenvalue weighted by Gasteiger charge is 2.30. The van der Waals surface area contributed by atoms with Crippen molar-refractivity contribution >= 4 is 5.97 Å². The largest absolute Gasteiger partial charge is 0.496 e. The van der Waals surface area contributed by atoms with Gasteiger partial charge in [0.25, 0.3) is 0 Å². The van der Waals surface area contributed by atoms with E-state index in [1.54, 1.807) is 7.11 Å². The minimum Gasteiger partial charge on any atom is -0.496 e. The molecule has 110 valence electrons. The fourth-order valence-electron chi connectivity index (χ4n) is 2.92. The highest BCUT2D eigenvalue weighted by molar-refractivity contribution is 5.76. The molecule has 0 saturated carbocycles. The van der Waals surface area contributed by atoms with E-state index in [1.807, 2.05) is 35.0 Å². The topological polar surface area (TPSA) is 53.4 Å². The first kappa shape index (κ1) is 13.7. The van der Waals surface area contributed by atoms with Gasteiger partial charge < -0.3 is 14.0 Å². The molecule has 0 spiro atoms. The smallest absolute Gasteiger partial charge is 0.328 e. The Labute approximate surface area is 123 Å². The molecule has 3 rings (SSSR count). The van der Waals surface area contributed by atoms with Gasteiger partial charge in [-0.2, -0.15) is 0 Å². The molecular weight excluding hydrogens is 268 g/mol. The number of carbonyl (C=O) groups excluding carboxylic acids is 1. The van der Waals surface area contributed by atoms with Gasteiger partial charge in [0, 0.05) is 11.9 Å². The molecule has 5 heteroatoms. The maximum absolute atomic E-state index is 12.1. The van der Waals surface area contributed by atoms with E-state index in [0.29, 0.717) is 0 Å². The predicted octanol–water partition coefficient (Wildman–Crippen LogP) is 2.61. The van der Waals surface area contributed by atoms with Crippen molar-refractivity contribution in [2.75, 3.05) is 14.2 Å². The number of aryl methyl sites for hydroxylation is 1. The maximum atomic E-state index is 12.1. The Morgan fingerprint density at radius 3 is 2.90 bits per heavy atom. The quantitative estimate of drug-likeness (QED) is 0.814. The standard InChI is InChI=1S/C16H18N2O3/c1-20-14-9-4-3-7-12(14)15-17-10-11-6-5-8-13(18(11)15)16(19)21-2/h3-4,7,9-10,13H,5-6,8H2,1-2H3. The second kappa shape index (κ2) is 5.60. The van der Waals surface area contributed by atoms with Crippen LogP contribution in [0.25, 0.3) is 11.4 Å². The van der Waals surface area contributed by atoms with Crippen LogP contribution in [0.5, 0.6) is 5.75 Å². The van der Waals surface area contributed by atoms with E-state index in [0.717, 1.165) is 42.1 Å². The molecule has 0 aliphatic carbocycles. The van der Waals surface area contributed by atoms with Crippen LogP contribution in [0.15, 0.2) is 30.5 Å². The fourth-order valence-corrected chi connectivity index (χ4v) is 2.92. The van der Waals surface area contributed by atoms with Crippen LogP contribution in [0.1, 0.15) is 24.6 Å². The van der Waals surface area contributed by atoms with Crippen molar-refractivity contribution in [2.24, 2.45) is 0 Å². The molecule has 0 N–H and O–H groups in total. The third-order valence-corrected chi connectivity index (χ3v) is 3.92. The van der Waals surface area contributed by atoms with Gasteiger partial charge in [0.1, 0.15) is 17.6 Å². The van der Waals surface area contributed by atoms with E-state index >= 15 is 0 Å². The van der Waals surface area contributed by atoms with E-state index in [9.17, 15) is 4.79 Å². The lowest BCUT2D eigenvalue weighted by Gasteiger charge is -2.25. The molecule has 1 aromatic heterocycles. The molecule has 2 aromatic rings. The Hall–Kier alpha value is -2.30. The van der Waals surface area contributed by atoms with Gasteiger partial charge >= 0.3 is 5.97 Å². The minimum atomic E-state index is -0.304. The van der Waals surface area contributed by atoms with Gasteiger partial charge in [-0.15, -0.1) is 0 Å². The van der Waals surface area contributed by atoms with Crippen LogP contribution >= 0.6 is 0 Å². The van der Waals surface area contributed by atoms with Crippen molar-refractivity contribution < 1.29 is 14.3 Å². The average Bonchev–Trinajstić information content (AvgIpc) is 2.97. The summed E-state index contributed by atoms with van der Waals surface area (Å²) in [5, 5.41) is 0. The third-order valence-electron chi connectivity index (χ3n) is 3.92. The molecule has 1 aromatic carbocycles. The summed E-state index contributed by atoms with van der Waals surface area (Å²) >= 11 is 0. The molecule has 0 fully saturated rings. The van der Waals surface area contributed by atoms with Crippen LogP contribution in [-0.4, -0.2) is 29.7 Å². The molecule has 1 aliphatic heterocycles. The summed E-state index contributed by atoms with van der Waals surface area (Å²) in [6, 6.07) is 7.40. The lowest BCUT2D eigenvalue weighted by atomic mass is 10.0. The molecule has 0 bridgehead atoms. The van der Waals surface area contributed by atoms with Crippen LogP contribution in [0.2, 0.25) is 0 Å². The maximum Gasteiger partial charge on any atom is 0.328 e. The van der Waals surface area contributed by atoms with Gasteiger partial charge in [-0.1, -0.05) is 12.1 Å². The van der Waals surface area contributed by atoms with Crippen LogP contribution < -0.4 is 4.74 Å². The molecule has 1 unspecified atom stereocenters. The van der Waals surface area contributed by atoms with Gasteiger partial charge in [0.2, 0.25) is 0 Å². The van der Waals surface area contributed by atoms with Gasteiger partial charge in [-0.25, -0.2) is 9.78 Å². The van der Waals surface area contributed by atoms with Crippen molar-refractivity contribution in [2.45, 2.75) is 25.3 Å². The summed E-state index contributed by atoms with van der Waals surface area (Å²) in [5.41, 5.74) is 1.96. The number of hydrogen-bond donors (Lipinski definition) is 0. The number of esters is 1. The summed E-state index contributed by atoms with van der Waals surface area (Å²) in [6.45, 7) is 0. The monoisotopic (exact) mass is 286 g/mol. The highest BCUT2D eigenvalue weighted by atomic mass is 16.5. The van der Waals surface area contributed by atoms with Gasteiger partial charge in [0.15, 0.2) is 0 Å². The SMILES string of the molecule is COC(=O)C1CCCc2cnc(-c3ccccc3OC)n21. The van der Waals surface area contributed by atoms with Crippen molar-refractivity contribution in [3.63, 3.8) is 0 Å². The molecule has 0 saturated heterocycles. The number of nitrogens with zero attached hydrogens (tertiary/aromatic N) is 2. The Morgan fingerprint density at radius 1 is 1.33 bits per heavy atom. The molecule has 0 amide bonds. The van der Waals surface area contributed by atoms with E-state index in [2.05, 4.69) is 4.98 Å². The fraction of sp³-hybridized carbons (Fsp3) is 0.375. The number of carbonyl (C=O) groups is 1. The van der Waals surface area contributed by atoms with Crippen molar-refractivity contribution in [3.8, 4) is 17.1 Å². The van der Waals surface area contributed by atoms with E-state index in [4.69, 9.17) is 9.47 Å². The normalized spacial score (nSPS) is 17.1. The molecule has 1 atom stereocenters. The molecule has 5 nitrogen and oxygen atoms in total. The van der Waals surface area contributed by atoms with Gasteiger partial charge in [-0.05, 0) is 31.4 Å². The van der Waals surface area contributed by atoms with Crippen LogP contribution in [0, 0.1) is 0 Å². The summed E-state index contributed by atoms with van der Waals surface area (Å²) in [5.74, 6) is 1.29. The van der Waals surface area contributed by atoms with Crippen LogP contribution in [0.3, 0.4) is 0 Å².